The Labute approximate surface area is 244 Å². The topological polar surface area (TPSA) is 63.2 Å². The Morgan fingerprint density at radius 3 is 1.90 bits per heavy atom. The number of hydrogen-bond donors (Lipinski definition) is 0. The Morgan fingerprint density at radius 1 is 0.610 bits per heavy atom. The van der Waals surface area contributed by atoms with Gasteiger partial charge in [0.1, 0.15) is 18.1 Å². The Bertz CT molecular complexity index is 1190. The minimum absolute atomic E-state index is 0.358. The van der Waals surface area contributed by atoms with Crippen LogP contribution in [0.1, 0.15) is 62.5 Å². The molecule has 0 aliphatic rings. The number of esters is 1. The molecule has 41 heavy (non-hydrogen) atoms. The monoisotopic (exact) mass is 560 g/mol. The highest BCUT2D eigenvalue weighted by Gasteiger charge is 2.03. The van der Waals surface area contributed by atoms with E-state index in [4.69, 9.17) is 24.0 Å². The highest BCUT2D eigenvalue weighted by Crippen LogP contribution is 2.24. The summed E-state index contributed by atoms with van der Waals surface area (Å²) in [6, 6.07) is 21.3. The third-order valence-corrected chi connectivity index (χ3v) is 6.59. The van der Waals surface area contributed by atoms with Crippen molar-refractivity contribution < 1.29 is 28.8 Å². The second-order valence-electron chi connectivity index (χ2n) is 9.96. The van der Waals surface area contributed by atoms with Crippen LogP contribution in [-0.4, -0.2) is 39.0 Å². The van der Waals surface area contributed by atoms with Gasteiger partial charge in [-0.3, -0.25) is 0 Å². The van der Waals surface area contributed by atoms with Crippen molar-refractivity contribution in [2.45, 2.75) is 57.8 Å². The number of fused-ring (bicyclic) bond motifs is 1. The van der Waals surface area contributed by atoms with Crippen LogP contribution in [0.4, 0.5) is 0 Å². The predicted octanol–water partition coefficient (Wildman–Crippen LogP) is 8.17. The summed E-state index contributed by atoms with van der Waals surface area (Å²) < 4.78 is 16.9. The smallest absolute Gasteiger partial charge is 0.330 e. The Balaban J connectivity index is 1.32. The van der Waals surface area contributed by atoms with E-state index in [1.54, 1.807) is 6.08 Å². The summed E-state index contributed by atoms with van der Waals surface area (Å²) in [7, 11) is 0. The zero-order chi connectivity index (χ0) is 29.0. The van der Waals surface area contributed by atoms with Gasteiger partial charge in [0.2, 0.25) is 0 Å². The first kappa shape index (κ1) is 31.9. The SMILES string of the molecule is C=CCOOCCCCCCOc1ccc(Cc2ccc3cc(OCCCCCCOC(=O)C=C)ccc3c2)cc1. The zero-order valence-electron chi connectivity index (χ0n) is 24.2. The lowest BCUT2D eigenvalue weighted by atomic mass is 10.0. The van der Waals surface area contributed by atoms with Gasteiger partial charge in [-0.15, -0.1) is 6.58 Å². The van der Waals surface area contributed by atoms with Crippen molar-refractivity contribution in [3.8, 4) is 11.5 Å². The zero-order valence-corrected chi connectivity index (χ0v) is 24.2. The van der Waals surface area contributed by atoms with E-state index < -0.39 is 0 Å². The molecule has 0 N–H and O–H groups in total. The maximum atomic E-state index is 11.0. The number of ether oxygens (including phenoxy) is 3. The van der Waals surface area contributed by atoms with E-state index in [0.29, 0.717) is 26.4 Å². The minimum Gasteiger partial charge on any atom is -0.494 e. The molecule has 0 amide bonds. The molecule has 0 aliphatic heterocycles. The van der Waals surface area contributed by atoms with Crippen molar-refractivity contribution in [3.05, 3.63) is 97.1 Å². The lowest BCUT2D eigenvalue weighted by Gasteiger charge is -2.10. The molecule has 0 spiro atoms. The first-order chi connectivity index (χ1) is 20.2. The van der Waals surface area contributed by atoms with Crippen LogP contribution < -0.4 is 9.47 Å². The lowest BCUT2D eigenvalue weighted by Crippen LogP contribution is -2.02. The number of rotatable bonds is 22. The van der Waals surface area contributed by atoms with Crippen LogP contribution in [0.2, 0.25) is 0 Å². The van der Waals surface area contributed by atoms with Gasteiger partial charge in [-0.05, 0) is 97.5 Å². The molecule has 0 heterocycles. The van der Waals surface area contributed by atoms with Crippen LogP contribution >= 0.6 is 0 Å². The van der Waals surface area contributed by atoms with Crippen molar-refractivity contribution >= 4 is 16.7 Å². The van der Waals surface area contributed by atoms with Crippen molar-refractivity contribution in [1.29, 1.82) is 0 Å². The predicted molar refractivity (Wildman–Crippen MR) is 164 cm³/mol. The highest BCUT2D eigenvalue weighted by molar-refractivity contribution is 5.84. The third-order valence-electron chi connectivity index (χ3n) is 6.59. The molecule has 6 nitrogen and oxygen atoms in total. The van der Waals surface area contributed by atoms with Gasteiger partial charge >= 0.3 is 5.97 Å². The second kappa shape index (κ2) is 19.5. The van der Waals surface area contributed by atoms with E-state index in [2.05, 4.69) is 67.8 Å². The number of benzene rings is 3. The highest BCUT2D eigenvalue weighted by atomic mass is 17.2. The van der Waals surface area contributed by atoms with Crippen molar-refractivity contribution in [2.24, 2.45) is 0 Å². The van der Waals surface area contributed by atoms with Crippen LogP contribution in [-0.2, 0) is 25.7 Å². The molecular weight excluding hydrogens is 516 g/mol. The molecular formula is C35H44O6. The fourth-order valence-corrected chi connectivity index (χ4v) is 4.35. The first-order valence-corrected chi connectivity index (χ1v) is 14.7. The molecule has 0 atom stereocenters. The molecule has 0 saturated carbocycles. The molecule has 6 heteroatoms. The minimum atomic E-state index is -0.358. The second-order valence-corrected chi connectivity index (χ2v) is 9.96. The molecule has 220 valence electrons. The normalized spacial score (nSPS) is 10.8. The summed E-state index contributed by atoms with van der Waals surface area (Å²) in [5, 5.41) is 2.38. The number of carbonyl (C=O) groups excluding carboxylic acids is 1. The van der Waals surface area contributed by atoms with Gasteiger partial charge in [0.05, 0.1) is 26.4 Å². The van der Waals surface area contributed by atoms with Crippen LogP contribution in [0.25, 0.3) is 10.8 Å². The molecule has 0 aliphatic carbocycles. The largest absolute Gasteiger partial charge is 0.494 e. The average molecular weight is 561 g/mol. The standard InChI is InChI=1S/C35H44O6/c1-3-21-40-41-25-12-8-7-9-22-37-33-18-14-29(15-19-33)26-30-13-16-32-28-34(20-17-31(32)27-30)38-23-10-5-6-11-24-39-35(36)4-2/h3-4,13-20,27-28H,1-2,5-12,21-26H2. The average Bonchev–Trinajstić information content (AvgIpc) is 3.00. The van der Waals surface area contributed by atoms with Gasteiger partial charge in [-0.2, -0.15) is 0 Å². The van der Waals surface area contributed by atoms with E-state index in [1.807, 2.05) is 6.07 Å². The molecule has 0 fully saturated rings. The summed E-state index contributed by atoms with van der Waals surface area (Å²) in [5.41, 5.74) is 2.53. The summed E-state index contributed by atoms with van der Waals surface area (Å²) >= 11 is 0. The van der Waals surface area contributed by atoms with Gasteiger partial charge in [0, 0.05) is 6.08 Å². The summed E-state index contributed by atoms with van der Waals surface area (Å²) in [4.78, 5) is 21.0. The lowest BCUT2D eigenvalue weighted by molar-refractivity contribution is -0.286. The number of unbranched alkanes of at least 4 members (excludes halogenated alkanes) is 6. The fourth-order valence-electron chi connectivity index (χ4n) is 4.35. The Morgan fingerprint density at radius 2 is 1.20 bits per heavy atom. The van der Waals surface area contributed by atoms with Gasteiger partial charge in [0.15, 0.2) is 0 Å². The van der Waals surface area contributed by atoms with Crippen LogP contribution in [0, 0.1) is 0 Å². The number of hydrogen-bond acceptors (Lipinski definition) is 6. The van der Waals surface area contributed by atoms with Gasteiger partial charge in [-0.1, -0.05) is 55.5 Å². The van der Waals surface area contributed by atoms with Crippen molar-refractivity contribution in [1.82, 2.24) is 0 Å². The third kappa shape index (κ3) is 13.1. The molecule has 3 aromatic rings. The number of carbonyl (C=O) groups is 1. The maximum Gasteiger partial charge on any atom is 0.330 e. The van der Waals surface area contributed by atoms with E-state index in [-0.39, 0.29) is 5.97 Å². The fraction of sp³-hybridized carbons (Fsp3) is 0.400. The summed E-state index contributed by atoms with van der Waals surface area (Å²) in [6.45, 7) is 9.86. The molecule has 0 aromatic heterocycles. The van der Waals surface area contributed by atoms with Gasteiger partial charge in [-0.25, -0.2) is 14.6 Å². The van der Waals surface area contributed by atoms with E-state index >= 15 is 0 Å². The van der Waals surface area contributed by atoms with E-state index in [0.717, 1.165) is 75.9 Å². The Hall–Kier alpha value is -3.61. The summed E-state index contributed by atoms with van der Waals surface area (Å²) in [5.74, 6) is 1.45. The Kier molecular flexibility index (Phi) is 15.1. The van der Waals surface area contributed by atoms with Gasteiger partial charge < -0.3 is 14.2 Å². The van der Waals surface area contributed by atoms with Crippen LogP contribution in [0.5, 0.6) is 11.5 Å². The van der Waals surface area contributed by atoms with E-state index in [9.17, 15) is 4.79 Å². The van der Waals surface area contributed by atoms with Gasteiger partial charge in [0.25, 0.3) is 0 Å². The molecule has 3 rings (SSSR count). The molecule has 0 unspecified atom stereocenters. The van der Waals surface area contributed by atoms with Crippen molar-refractivity contribution in [3.63, 3.8) is 0 Å². The van der Waals surface area contributed by atoms with Crippen LogP contribution in [0.15, 0.2) is 86.0 Å². The maximum absolute atomic E-state index is 11.0. The molecule has 0 bridgehead atoms. The molecule has 0 radical (unpaired) electrons. The molecule has 0 saturated heterocycles. The van der Waals surface area contributed by atoms with Crippen LogP contribution in [0.3, 0.4) is 0 Å². The van der Waals surface area contributed by atoms with E-state index in [1.165, 1.54) is 28.0 Å². The summed E-state index contributed by atoms with van der Waals surface area (Å²) in [6.07, 6.45) is 11.8. The quantitative estimate of drug-likeness (QED) is 0.0308. The molecule has 3 aromatic carbocycles. The first-order valence-electron chi connectivity index (χ1n) is 14.7. The van der Waals surface area contributed by atoms with Crippen molar-refractivity contribution in [2.75, 3.05) is 33.0 Å².